The van der Waals surface area contributed by atoms with Gasteiger partial charge in [0.15, 0.2) is 0 Å². The van der Waals surface area contributed by atoms with Gasteiger partial charge in [0.25, 0.3) is 0 Å². The van der Waals surface area contributed by atoms with E-state index in [4.69, 9.17) is 11.5 Å². The van der Waals surface area contributed by atoms with Gasteiger partial charge in [-0.3, -0.25) is 0 Å². The normalized spacial score (nSPS) is 36.8. The second-order valence-electron chi connectivity index (χ2n) is 3.96. The molecule has 2 unspecified atom stereocenters. The van der Waals surface area contributed by atoms with Crippen LogP contribution >= 0.6 is 0 Å². The third-order valence-corrected chi connectivity index (χ3v) is 3.02. The van der Waals surface area contributed by atoms with Crippen molar-refractivity contribution in [1.82, 2.24) is 0 Å². The first kappa shape index (κ1) is 9.33. The van der Waals surface area contributed by atoms with Crippen molar-refractivity contribution in [3.05, 3.63) is 22.9 Å². The zero-order valence-electron chi connectivity index (χ0n) is 8.31. The summed E-state index contributed by atoms with van der Waals surface area (Å²) in [5.41, 5.74) is 14.9. The molecular weight excluding hydrogens is 148 g/mol. The van der Waals surface area contributed by atoms with Gasteiger partial charge in [-0.15, -0.1) is 0 Å². The highest BCUT2D eigenvalue weighted by Crippen LogP contribution is 2.31. The van der Waals surface area contributed by atoms with Crippen molar-refractivity contribution in [1.29, 1.82) is 0 Å². The predicted molar refractivity (Wildman–Crippen MR) is 52.4 cm³/mol. The summed E-state index contributed by atoms with van der Waals surface area (Å²) in [6.45, 7) is 8.19. The summed E-state index contributed by atoms with van der Waals surface area (Å²) in [5.74, 6) is 0.321. The van der Waals surface area contributed by atoms with Crippen LogP contribution in [0.2, 0.25) is 0 Å². The van der Waals surface area contributed by atoms with Gasteiger partial charge in [0, 0.05) is 5.70 Å². The van der Waals surface area contributed by atoms with E-state index < -0.39 is 0 Å². The fourth-order valence-electron chi connectivity index (χ4n) is 1.53. The van der Waals surface area contributed by atoms with E-state index in [0.717, 1.165) is 11.3 Å². The van der Waals surface area contributed by atoms with Gasteiger partial charge in [0.1, 0.15) is 0 Å². The first-order valence-electron chi connectivity index (χ1n) is 4.32. The molecule has 0 spiro atoms. The summed E-state index contributed by atoms with van der Waals surface area (Å²) in [4.78, 5) is 0. The molecular formula is C10H18N2. The zero-order chi connectivity index (χ0) is 9.52. The molecule has 0 heterocycles. The number of nitrogens with two attached hydrogens (primary N) is 2. The molecule has 0 amide bonds. The third-order valence-electron chi connectivity index (χ3n) is 3.02. The molecule has 4 N–H and O–H groups in total. The monoisotopic (exact) mass is 166 g/mol. The van der Waals surface area contributed by atoms with E-state index in [-0.39, 0.29) is 5.54 Å². The van der Waals surface area contributed by atoms with Gasteiger partial charge in [-0.1, -0.05) is 18.6 Å². The Morgan fingerprint density at radius 1 is 1.42 bits per heavy atom. The summed E-state index contributed by atoms with van der Waals surface area (Å²) in [6, 6.07) is 0. The Morgan fingerprint density at radius 2 is 1.92 bits per heavy atom. The minimum Gasteiger partial charge on any atom is -0.400 e. The van der Waals surface area contributed by atoms with Gasteiger partial charge < -0.3 is 11.5 Å². The number of rotatable bonds is 0. The minimum atomic E-state index is -0.371. The average Bonchev–Trinajstić information content (AvgIpc) is 1.99. The van der Waals surface area contributed by atoms with Crippen molar-refractivity contribution in [2.24, 2.45) is 17.4 Å². The summed E-state index contributed by atoms with van der Waals surface area (Å²) in [6.07, 6.45) is 2.19. The van der Waals surface area contributed by atoms with Gasteiger partial charge in [0.2, 0.25) is 0 Å². The van der Waals surface area contributed by atoms with Crippen LogP contribution in [0.3, 0.4) is 0 Å². The van der Waals surface area contributed by atoms with E-state index in [0.29, 0.717) is 5.92 Å². The van der Waals surface area contributed by atoms with E-state index in [9.17, 15) is 0 Å². The van der Waals surface area contributed by atoms with Crippen molar-refractivity contribution in [2.75, 3.05) is 0 Å². The summed E-state index contributed by atoms with van der Waals surface area (Å²) < 4.78 is 0. The molecule has 0 aromatic rings. The Kier molecular flexibility index (Phi) is 2.04. The Balaban J connectivity index is 3.18. The van der Waals surface area contributed by atoms with Crippen LogP contribution in [0.1, 0.15) is 27.7 Å². The fraction of sp³-hybridized carbons (Fsp3) is 0.600. The second kappa shape index (κ2) is 2.63. The van der Waals surface area contributed by atoms with Gasteiger partial charge in [0.05, 0.1) is 5.54 Å². The highest BCUT2D eigenvalue weighted by atomic mass is 14.8. The highest BCUT2D eigenvalue weighted by Gasteiger charge is 2.32. The fourth-order valence-corrected chi connectivity index (χ4v) is 1.53. The lowest BCUT2D eigenvalue weighted by molar-refractivity contribution is 0.418. The molecule has 0 bridgehead atoms. The molecule has 0 saturated heterocycles. The molecule has 12 heavy (non-hydrogen) atoms. The lowest BCUT2D eigenvalue weighted by atomic mass is 9.77. The van der Waals surface area contributed by atoms with Gasteiger partial charge in [-0.2, -0.15) is 0 Å². The summed E-state index contributed by atoms with van der Waals surface area (Å²) in [5, 5.41) is 0. The van der Waals surface area contributed by atoms with Crippen molar-refractivity contribution in [3.63, 3.8) is 0 Å². The SMILES string of the molecule is CC1=CC(C)C(C)(N)C(N)=C1C. The van der Waals surface area contributed by atoms with Crippen LogP contribution in [-0.2, 0) is 0 Å². The van der Waals surface area contributed by atoms with Crippen LogP contribution in [-0.4, -0.2) is 5.54 Å². The zero-order valence-corrected chi connectivity index (χ0v) is 8.31. The average molecular weight is 166 g/mol. The lowest BCUT2D eigenvalue weighted by Crippen LogP contribution is -2.49. The third kappa shape index (κ3) is 1.16. The topological polar surface area (TPSA) is 52.0 Å². The van der Waals surface area contributed by atoms with E-state index in [1.54, 1.807) is 0 Å². The molecule has 0 fully saturated rings. The molecule has 0 saturated carbocycles. The molecule has 1 aliphatic rings. The van der Waals surface area contributed by atoms with Crippen molar-refractivity contribution < 1.29 is 0 Å². The largest absolute Gasteiger partial charge is 0.400 e. The maximum Gasteiger partial charge on any atom is 0.0591 e. The Bertz CT molecular complexity index is 259. The Labute approximate surface area is 74.3 Å². The van der Waals surface area contributed by atoms with Gasteiger partial charge in [-0.25, -0.2) is 0 Å². The van der Waals surface area contributed by atoms with Crippen molar-refractivity contribution in [3.8, 4) is 0 Å². The maximum absolute atomic E-state index is 6.09. The van der Waals surface area contributed by atoms with Crippen LogP contribution in [0.25, 0.3) is 0 Å². The van der Waals surface area contributed by atoms with Crippen LogP contribution < -0.4 is 11.5 Å². The lowest BCUT2D eigenvalue weighted by Gasteiger charge is -2.36. The summed E-state index contributed by atoms with van der Waals surface area (Å²) in [7, 11) is 0. The van der Waals surface area contributed by atoms with Crippen molar-refractivity contribution >= 4 is 0 Å². The Morgan fingerprint density at radius 3 is 2.42 bits per heavy atom. The minimum absolute atomic E-state index is 0.321. The molecule has 0 aromatic heterocycles. The summed E-state index contributed by atoms with van der Waals surface area (Å²) >= 11 is 0. The van der Waals surface area contributed by atoms with Crippen LogP contribution in [0, 0.1) is 5.92 Å². The molecule has 1 aliphatic carbocycles. The second-order valence-corrected chi connectivity index (χ2v) is 3.96. The molecule has 0 radical (unpaired) electrons. The molecule has 68 valence electrons. The molecule has 2 atom stereocenters. The molecule has 2 heteroatoms. The quantitative estimate of drug-likeness (QED) is 0.573. The smallest absolute Gasteiger partial charge is 0.0591 e. The van der Waals surface area contributed by atoms with Crippen LogP contribution in [0.5, 0.6) is 0 Å². The molecule has 1 rings (SSSR count). The van der Waals surface area contributed by atoms with E-state index in [1.807, 2.05) is 13.8 Å². The predicted octanol–water partition coefficient (Wildman–Crippen LogP) is 1.53. The highest BCUT2D eigenvalue weighted by molar-refractivity contribution is 5.41. The number of hydrogen-bond donors (Lipinski definition) is 2. The number of hydrogen-bond acceptors (Lipinski definition) is 2. The number of allylic oxidation sites excluding steroid dienone is 2. The van der Waals surface area contributed by atoms with Gasteiger partial charge >= 0.3 is 0 Å². The molecule has 2 nitrogen and oxygen atoms in total. The van der Waals surface area contributed by atoms with Crippen molar-refractivity contribution in [2.45, 2.75) is 33.2 Å². The molecule has 0 aromatic carbocycles. The van der Waals surface area contributed by atoms with E-state index >= 15 is 0 Å². The first-order chi connectivity index (χ1) is 5.37. The van der Waals surface area contributed by atoms with Gasteiger partial charge in [-0.05, 0) is 32.3 Å². The van der Waals surface area contributed by atoms with E-state index in [2.05, 4.69) is 19.9 Å². The maximum atomic E-state index is 6.09. The Hall–Kier alpha value is -0.760. The van der Waals surface area contributed by atoms with Crippen LogP contribution in [0.4, 0.5) is 0 Å². The van der Waals surface area contributed by atoms with E-state index in [1.165, 1.54) is 5.57 Å². The first-order valence-corrected chi connectivity index (χ1v) is 4.32. The standard InChI is InChI=1S/C10H18N2/c1-6-5-7(2)10(4,12)9(11)8(6)3/h5,7H,11-12H2,1-4H3. The van der Waals surface area contributed by atoms with Crippen LogP contribution in [0.15, 0.2) is 22.9 Å². The molecule has 0 aliphatic heterocycles.